The Morgan fingerprint density at radius 1 is 1.56 bits per heavy atom. The summed E-state index contributed by atoms with van der Waals surface area (Å²) in [4.78, 5) is 11.6. The first-order valence-electron chi connectivity index (χ1n) is 6.38. The Kier molecular flexibility index (Phi) is 3.87. The van der Waals surface area contributed by atoms with Gasteiger partial charge in [-0.25, -0.2) is 0 Å². The fraction of sp³-hybridized carbons (Fsp3) is 0.500. The number of carbonyl (C=O) groups excluding carboxylic acids is 1. The van der Waals surface area contributed by atoms with Crippen LogP contribution in [0, 0.1) is 0 Å². The molecule has 1 aliphatic carbocycles. The lowest BCUT2D eigenvalue weighted by atomic mass is 9.84. The predicted molar refractivity (Wildman–Crippen MR) is 70.5 cm³/mol. The van der Waals surface area contributed by atoms with Crippen molar-refractivity contribution in [2.45, 2.75) is 38.3 Å². The van der Waals surface area contributed by atoms with Gasteiger partial charge >= 0.3 is 0 Å². The molecule has 98 valence electrons. The lowest BCUT2D eigenvalue weighted by Crippen LogP contribution is -2.43. The first-order valence-corrected chi connectivity index (χ1v) is 6.38. The molecule has 4 heteroatoms. The van der Waals surface area contributed by atoms with Gasteiger partial charge in [-0.15, -0.1) is 0 Å². The highest BCUT2D eigenvalue weighted by atomic mass is 16.5. The second-order valence-electron chi connectivity index (χ2n) is 4.63. The average Bonchev–Trinajstić information content (AvgIpc) is 2.40. The number of nitrogens with two attached hydrogens (primary N) is 1. The highest BCUT2D eigenvalue weighted by Crippen LogP contribution is 2.34. The fourth-order valence-electron chi connectivity index (χ4n) is 2.50. The molecule has 0 aliphatic heterocycles. The van der Waals surface area contributed by atoms with E-state index in [-0.39, 0.29) is 18.0 Å². The minimum atomic E-state index is -0.101. The molecule has 0 fully saturated rings. The summed E-state index contributed by atoms with van der Waals surface area (Å²) < 4.78 is 5.37. The van der Waals surface area contributed by atoms with Gasteiger partial charge in [-0.3, -0.25) is 4.79 Å². The van der Waals surface area contributed by atoms with Crippen LogP contribution in [0.1, 0.15) is 36.9 Å². The molecule has 1 aliphatic rings. The second kappa shape index (κ2) is 5.40. The summed E-state index contributed by atoms with van der Waals surface area (Å²) in [6.45, 7) is 1.84. The topological polar surface area (TPSA) is 64.3 Å². The third kappa shape index (κ3) is 2.34. The van der Waals surface area contributed by atoms with Crippen LogP contribution < -0.4 is 15.8 Å². The highest BCUT2D eigenvalue weighted by molar-refractivity contribution is 5.76. The molecule has 2 unspecified atom stereocenters. The Labute approximate surface area is 108 Å². The van der Waals surface area contributed by atoms with E-state index in [0.29, 0.717) is 6.42 Å². The molecule has 1 amide bonds. The van der Waals surface area contributed by atoms with Gasteiger partial charge in [0.15, 0.2) is 0 Å². The number of ether oxygens (including phenoxy) is 1. The highest BCUT2D eigenvalue weighted by Gasteiger charge is 2.29. The molecule has 2 atom stereocenters. The van der Waals surface area contributed by atoms with E-state index in [0.717, 1.165) is 24.2 Å². The normalized spacial score (nSPS) is 22.2. The van der Waals surface area contributed by atoms with Gasteiger partial charge in [0.25, 0.3) is 0 Å². The molecule has 4 nitrogen and oxygen atoms in total. The van der Waals surface area contributed by atoms with Crippen LogP contribution in [0.25, 0.3) is 0 Å². The number of nitrogens with one attached hydrogen (secondary N) is 1. The summed E-state index contributed by atoms with van der Waals surface area (Å²) in [5.74, 6) is 0.918. The predicted octanol–water partition coefficient (Wildman–Crippen LogP) is 1.54. The standard InChI is InChI=1S/C14H20N2O2/c1-3-13(17)16-14-10-5-4-6-12(18-2)9(10)7-8-11(14)15/h4-6,11,14H,3,7-8,15H2,1-2H3,(H,16,17). The number of methoxy groups -OCH3 is 1. The molecule has 0 heterocycles. The molecular formula is C14H20N2O2. The van der Waals surface area contributed by atoms with Gasteiger partial charge in [0, 0.05) is 12.5 Å². The van der Waals surface area contributed by atoms with E-state index >= 15 is 0 Å². The maximum absolute atomic E-state index is 11.6. The van der Waals surface area contributed by atoms with Gasteiger partial charge in [-0.1, -0.05) is 19.1 Å². The lowest BCUT2D eigenvalue weighted by molar-refractivity contribution is -0.121. The van der Waals surface area contributed by atoms with Crippen LogP contribution in [-0.2, 0) is 11.2 Å². The number of fused-ring (bicyclic) bond motifs is 1. The molecule has 3 N–H and O–H groups in total. The van der Waals surface area contributed by atoms with Crippen LogP contribution in [0.3, 0.4) is 0 Å². The summed E-state index contributed by atoms with van der Waals surface area (Å²) in [6, 6.07) is 5.79. The van der Waals surface area contributed by atoms with E-state index in [2.05, 4.69) is 5.32 Å². The van der Waals surface area contributed by atoms with E-state index < -0.39 is 0 Å². The molecule has 0 saturated heterocycles. The van der Waals surface area contributed by atoms with Gasteiger partial charge in [-0.2, -0.15) is 0 Å². The van der Waals surface area contributed by atoms with Gasteiger partial charge in [-0.05, 0) is 30.0 Å². The van der Waals surface area contributed by atoms with Crippen LogP contribution in [0.15, 0.2) is 18.2 Å². The first-order chi connectivity index (χ1) is 8.67. The number of amides is 1. The molecule has 1 aromatic rings. The van der Waals surface area contributed by atoms with Crippen molar-refractivity contribution in [3.63, 3.8) is 0 Å². The molecule has 0 aromatic heterocycles. The molecule has 2 rings (SSSR count). The Hall–Kier alpha value is -1.55. The van der Waals surface area contributed by atoms with Crippen molar-refractivity contribution in [1.29, 1.82) is 0 Å². The monoisotopic (exact) mass is 248 g/mol. The summed E-state index contributed by atoms with van der Waals surface area (Å²) in [5.41, 5.74) is 8.39. The molecule has 0 spiro atoms. The third-order valence-corrected chi connectivity index (χ3v) is 3.52. The number of hydrogen-bond acceptors (Lipinski definition) is 3. The number of rotatable bonds is 3. The molecule has 18 heavy (non-hydrogen) atoms. The average molecular weight is 248 g/mol. The Bertz CT molecular complexity index is 445. The summed E-state index contributed by atoms with van der Waals surface area (Å²) in [5, 5.41) is 3.01. The van der Waals surface area contributed by atoms with E-state index in [4.69, 9.17) is 10.5 Å². The van der Waals surface area contributed by atoms with Crippen LogP contribution in [0.4, 0.5) is 0 Å². The van der Waals surface area contributed by atoms with E-state index in [1.807, 2.05) is 25.1 Å². The third-order valence-electron chi connectivity index (χ3n) is 3.52. The molecule has 0 saturated carbocycles. The molecule has 0 radical (unpaired) electrons. The Balaban J connectivity index is 2.35. The van der Waals surface area contributed by atoms with Crippen molar-refractivity contribution in [3.8, 4) is 5.75 Å². The van der Waals surface area contributed by atoms with E-state index in [1.54, 1.807) is 7.11 Å². The van der Waals surface area contributed by atoms with Crippen LogP contribution >= 0.6 is 0 Å². The zero-order chi connectivity index (χ0) is 13.1. The van der Waals surface area contributed by atoms with E-state index in [1.165, 1.54) is 5.56 Å². The fourth-order valence-corrected chi connectivity index (χ4v) is 2.50. The number of carbonyl (C=O) groups is 1. The zero-order valence-electron chi connectivity index (χ0n) is 10.9. The van der Waals surface area contributed by atoms with Gasteiger partial charge in [0.2, 0.25) is 5.91 Å². The van der Waals surface area contributed by atoms with Crippen LogP contribution in [-0.4, -0.2) is 19.1 Å². The maximum atomic E-state index is 11.6. The summed E-state index contributed by atoms with van der Waals surface area (Å²) in [6.07, 6.45) is 2.24. The van der Waals surface area contributed by atoms with E-state index in [9.17, 15) is 4.79 Å². The zero-order valence-corrected chi connectivity index (χ0v) is 10.9. The Morgan fingerprint density at radius 2 is 2.33 bits per heavy atom. The molecular weight excluding hydrogens is 228 g/mol. The summed E-state index contributed by atoms with van der Waals surface area (Å²) >= 11 is 0. The smallest absolute Gasteiger partial charge is 0.220 e. The van der Waals surface area contributed by atoms with Gasteiger partial charge in [0.05, 0.1) is 13.2 Å². The van der Waals surface area contributed by atoms with Crippen molar-refractivity contribution in [2.24, 2.45) is 5.73 Å². The first kappa shape index (κ1) is 12.9. The largest absolute Gasteiger partial charge is 0.496 e. The minimum Gasteiger partial charge on any atom is -0.496 e. The Morgan fingerprint density at radius 3 is 3.00 bits per heavy atom. The maximum Gasteiger partial charge on any atom is 0.220 e. The number of benzene rings is 1. The molecule has 0 bridgehead atoms. The molecule has 1 aromatic carbocycles. The van der Waals surface area contributed by atoms with Crippen molar-refractivity contribution in [3.05, 3.63) is 29.3 Å². The summed E-state index contributed by atoms with van der Waals surface area (Å²) in [7, 11) is 1.67. The number of hydrogen-bond donors (Lipinski definition) is 2. The quantitative estimate of drug-likeness (QED) is 0.852. The van der Waals surface area contributed by atoms with Crippen molar-refractivity contribution in [1.82, 2.24) is 5.32 Å². The second-order valence-corrected chi connectivity index (χ2v) is 4.63. The SMILES string of the molecule is CCC(=O)NC1c2cccc(OC)c2CCC1N. The van der Waals surface area contributed by atoms with Crippen LogP contribution in [0.2, 0.25) is 0 Å². The minimum absolute atomic E-state index is 0.0277. The van der Waals surface area contributed by atoms with Crippen molar-refractivity contribution < 1.29 is 9.53 Å². The van der Waals surface area contributed by atoms with Gasteiger partial charge < -0.3 is 15.8 Å². The lowest BCUT2D eigenvalue weighted by Gasteiger charge is -2.32. The van der Waals surface area contributed by atoms with Crippen molar-refractivity contribution >= 4 is 5.91 Å². The van der Waals surface area contributed by atoms with Gasteiger partial charge in [0.1, 0.15) is 5.75 Å². The van der Waals surface area contributed by atoms with Crippen molar-refractivity contribution in [2.75, 3.05) is 7.11 Å². The van der Waals surface area contributed by atoms with Crippen LogP contribution in [0.5, 0.6) is 5.75 Å².